The third-order valence-corrected chi connectivity index (χ3v) is 8.61. The third-order valence-electron chi connectivity index (χ3n) is 8.61. The van der Waals surface area contributed by atoms with Gasteiger partial charge in [0.2, 0.25) is 0 Å². The molecule has 0 aromatic rings. The van der Waals surface area contributed by atoms with E-state index < -0.39 is 0 Å². The number of nitrogens with one attached hydrogen (secondary N) is 1. The molecule has 23 heavy (non-hydrogen) atoms. The molecule has 4 rings (SSSR count). The highest BCUT2D eigenvalue weighted by molar-refractivity contribution is 5.82. The molecule has 0 aromatic heterocycles. The molecule has 0 amide bonds. The van der Waals surface area contributed by atoms with Crippen LogP contribution in [0.15, 0.2) is 11.6 Å². The predicted octanol–water partition coefficient (Wildman–Crippen LogP) is 4.97. The summed E-state index contributed by atoms with van der Waals surface area (Å²) in [5.74, 6) is 3.04. The molecule has 0 saturated heterocycles. The second-order valence-electron chi connectivity index (χ2n) is 9.49. The lowest BCUT2D eigenvalue weighted by molar-refractivity contribution is -0.0477. The molecule has 0 bridgehead atoms. The molecular weight excluding hydrogens is 282 g/mol. The monoisotopic (exact) mass is 315 g/mol. The number of aliphatic hydroxyl groups is 1. The van der Waals surface area contributed by atoms with Gasteiger partial charge in [-0.2, -0.15) is 0 Å². The molecule has 7 atom stereocenters. The number of aliphatic hydroxyl groups excluding tert-OH is 1. The predicted molar refractivity (Wildman–Crippen MR) is 94.6 cm³/mol. The van der Waals surface area contributed by atoms with Crippen LogP contribution in [0.1, 0.15) is 72.1 Å². The van der Waals surface area contributed by atoms with Crippen LogP contribution < -0.4 is 0 Å². The van der Waals surface area contributed by atoms with Gasteiger partial charge < -0.3 is 10.5 Å². The summed E-state index contributed by atoms with van der Waals surface area (Å²) in [5.41, 5.74) is 3.23. The maximum absolute atomic E-state index is 10.0. The molecule has 2 nitrogen and oxygen atoms in total. The first-order chi connectivity index (χ1) is 10.9. The van der Waals surface area contributed by atoms with Crippen LogP contribution in [0.4, 0.5) is 0 Å². The van der Waals surface area contributed by atoms with Gasteiger partial charge in [0.15, 0.2) is 0 Å². The van der Waals surface area contributed by atoms with Crippen molar-refractivity contribution in [1.82, 2.24) is 0 Å². The number of rotatable bonds is 1. The van der Waals surface area contributed by atoms with Crippen LogP contribution in [0.5, 0.6) is 0 Å². The number of hydrogen-bond donors (Lipinski definition) is 2. The highest BCUT2D eigenvalue weighted by atomic mass is 16.3. The zero-order chi connectivity index (χ0) is 16.4. The van der Waals surface area contributed by atoms with Crippen molar-refractivity contribution < 1.29 is 5.11 Å². The van der Waals surface area contributed by atoms with Crippen LogP contribution in [-0.4, -0.2) is 16.9 Å². The highest BCUT2D eigenvalue weighted by Crippen LogP contribution is 2.66. The van der Waals surface area contributed by atoms with Crippen LogP contribution in [0, 0.1) is 39.9 Å². The van der Waals surface area contributed by atoms with Crippen molar-refractivity contribution in [3.63, 3.8) is 0 Å². The van der Waals surface area contributed by atoms with Crippen LogP contribution in [-0.2, 0) is 0 Å². The molecular formula is C21H33NO. The van der Waals surface area contributed by atoms with E-state index in [-0.39, 0.29) is 6.10 Å². The molecule has 0 spiro atoms. The lowest BCUT2D eigenvalue weighted by atomic mass is 9.46. The topological polar surface area (TPSA) is 44.1 Å². The summed E-state index contributed by atoms with van der Waals surface area (Å²) in [4.78, 5) is 0. The molecule has 4 aliphatic carbocycles. The number of fused-ring (bicyclic) bond motifs is 5. The minimum Gasteiger partial charge on any atom is -0.389 e. The van der Waals surface area contributed by atoms with Gasteiger partial charge in [0, 0.05) is 11.6 Å². The number of hydrogen-bond acceptors (Lipinski definition) is 2. The zero-order valence-electron chi connectivity index (χ0n) is 15.1. The Hall–Kier alpha value is -0.630. The van der Waals surface area contributed by atoms with Gasteiger partial charge in [-0.3, -0.25) is 0 Å². The summed E-state index contributed by atoms with van der Waals surface area (Å²) in [6, 6.07) is 0. The minimum absolute atomic E-state index is 0.195. The first-order valence-electron chi connectivity index (χ1n) is 9.80. The summed E-state index contributed by atoms with van der Waals surface area (Å²) in [6.07, 6.45) is 11.9. The van der Waals surface area contributed by atoms with E-state index in [0.717, 1.165) is 29.9 Å². The molecule has 0 unspecified atom stereocenters. The average Bonchev–Trinajstić information content (AvgIpc) is 2.85. The molecule has 128 valence electrons. The quantitative estimate of drug-likeness (QED) is 0.521. The second-order valence-corrected chi connectivity index (χ2v) is 9.49. The molecule has 2 heteroatoms. The molecule has 3 saturated carbocycles. The van der Waals surface area contributed by atoms with E-state index >= 15 is 0 Å². The first-order valence-corrected chi connectivity index (χ1v) is 9.80. The SMILES string of the molecule is CC(=N)[C@H]1CC[C@H]2[C@@H]3CCC4=C[C@@H](O)CC[C@]4(C)[C@H]3CC[C@]12C. The Kier molecular flexibility index (Phi) is 3.58. The van der Waals surface area contributed by atoms with Crippen molar-refractivity contribution in [1.29, 1.82) is 5.41 Å². The summed E-state index contributed by atoms with van der Waals surface area (Å²) in [5, 5.41) is 18.3. The summed E-state index contributed by atoms with van der Waals surface area (Å²) in [7, 11) is 0. The third kappa shape index (κ3) is 2.13. The van der Waals surface area contributed by atoms with Gasteiger partial charge >= 0.3 is 0 Å². The molecule has 3 fully saturated rings. The van der Waals surface area contributed by atoms with E-state index in [1.54, 1.807) is 5.57 Å². The van der Waals surface area contributed by atoms with E-state index in [4.69, 9.17) is 5.41 Å². The van der Waals surface area contributed by atoms with Crippen molar-refractivity contribution >= 4 is 5.71 Å². The molecule has 4 aliphatic rings. The normalized spacial score (nSPS) is 52.2. The van der Waals surface area contributed by atoms with Crippen LogP contribution in [0.3, 0.4) is 0 Å². The summed E-state index contributed by atoms with van der Waals surface area (Å²) < 4.78 is 0. The van der Waals surface area contributed by atoms with E-state index in [2.05, 4.69) is 19.9 Å². The smallest absolute Gasteiger partial charge is 0.0724 e. The average molecular weight is 316 g/mol. The molecule has 2 N–H and O–H groups in total. The Labute approximate surface area is 141 Å². The van der Waals surface area contributed by atoms with Gasteiger partial charge in [-0.25, -0.2) is 0 Å². The van der Waals surface area contributed by atoms with Crippen molar-refractivity contribution in [2.45, 2.75) is 78.2 Å². The minimum atomic E-state index is -0.195. The highest BCUT2D eigenvalue weighted by Gasteiger charge is 2.59. The Morgan fingerprint density at radius 3 is 2.61 bits per heavy atom. The fraction of sp³-hybridized carbons (Fsp3) is 0.857. The van der Waals surface area contributed by atoms with Crippen LogP contribution in [0.2, 0.25) is 0 Å². The van der Waals surface area contributed by atoms with Crippen molar-refractivity contribution in [3.8, 4) is 0 Å². The zero-order valence-corrected chi connectivity index (χ0v) is 15.1. The lowest BCUT2D eigenvalue weighted by Crippen LogP contribution is -2.51. The Bertz CT molecular complexity index is 552. The van der Waals surface area contributed by atoms with Crippen molar-refractivity contribution in [3.05, 3.63) is 11.6 Å². The number of allylic oxidation sites excluding steroid dienone is 1. The Morgan fingerprint density at radius 1 is 1.09 bits per heavy atom. The Morgan fingerprint density at radius 2 is 1.87 bits per heavy atom. The van der Waals surface area contributed by atoms with Gasteiger partial charge in [0.1, 0.15) is 0 Å². The van der Waals surface area contributed by atoms with E-state index in [1.807, 2.05) is 6.92 Å². The second kappa shape index (κ2) is 5.18. The van der Waals surface area contributed by atoms with Crippen LogP contribution >= 0.6 is 0 Å². The molecule has 0 aliphatic heterocycles. The van der Waals surface area contributed by atoms with Gasteiger partial charge in [0.05, 0.1) is 6.10 Å². The molecule has 0 aromatic carbocycles. The maximum atomic E-state index is 10.0. The van der Waals surface area contributed by atoms with Gasteiger partial charge in [-0.05, 0) is 86.9 Å². The lowest BCUT2D eigenvalue weighted by Gasteiger charge is -2.58. The van der Waals surface area contributed by atoms with Gasteiger partial charge in [-0.15, -0.1) is 0 Å². The largest absolute Gasteiger partial charge is 0.389 e. The summed E-state index contributed by atoms with van der Waals surface area (Å²) >= 11 is 0. The first kappa shape index (κ1) is 15.9. The van der Waals surface area contributed by atoms with E-state index in [1.165, 1.54) is 44.9 Å². The van der Waals surface area contributed by atoms with Crippen molar-refractivity contribution in [2.75, 3.05) is 0 Å². The standard InChI is InChI=1S/C21H33NO/c1-13(22)17-6-7-18-16-5-4-14-12-15(23)8-10-20(14,2)19(16)9-11-21(17,18)3/h12,15-19,22-23H,4-11H2,1-3H3/t15-,16-,17+,18-,19-,20-,21+/m0/s1. The molecule has 0 radical (unpaired) electrons. The molecule has 0 heterocycles. The van der Waals surface area contributed by atoms with Gasteiger partial charge in [0.25, 0.3) is 0 Å². The van der Waals surface area contributed by atoms with E-state index in [0.29, 0.717) is 16.7 Å². The fourth-order valence-corrected chi connectivity index (χ4v) is 7.42. The van der Waals surface area contributed by atoms with Crippen LogP contribution in [0.25, 0.3) is 0 Å². The van der Waals surface area contributed by atoms with Crippen molar-refractivity contribution in [2.24, 2.45) is 34.5 Å². The summed E-state index contributed by atoms with van der Waals surface area (Å²) in [6.45, 7) is 7.04. The fourth-order valence-electron chi connectivity index (χ4n) is 7.42. The van der Waals surface area contributed by atoms with E-state index in [9.17, 15) is 5.11 Å². The maximum Gasteiger partial charge on any atom is 0.0724 e. The Balaban J connectivity index is 1.66. The van der Waals surface area contributed by atoms with Gasteiger partial charge in [-0.1, -0.05) is 25.5 Å².